The third-order valence-corrected chi connectivity index (χ3v) is 3.19. The van der Waals surface area contributed by atoms with Crippen LogP contribution in [0.15, 0.2) is 36.4 Å². The molecule has 2 aromatic carbocycles. The molecule has 0 saturated heterocycles. The summed E-state index contributed by atoms with van der Waals surface area (Å²) in [5.41, 5.74) is 0.435. The number of halogens is 2. The number of benzene rings is 2. The van der Waals surface area contributed by atoms with Crippen molar-refractivity contribution < 1.29 is 27.8 Å². The number of hydrogen-bond acceptors (Lipinski definition) is 4. The fourth-order valence-electron chi connectivity index (χ4n) is 2.00. The molecule has 2 amide bonds. The van der Waals surface area contributed by atoms with Crippen LogP contribution in [0.2, 0.25) is 0 Å². The van der Waals surface area contributed by atoms with Crippen LogP contribution in [0.4, 0.5) is 19.3 Å². The second kappa shape index (κ2) is 8.72. The fraction of sp³-hybridized carbons (Fsp3) is 0.235. The number of rotatable bonds is 7. The zero-order valence-corrected chi connectivity index (χ0v) is 13.8. The molecule has 0 heterocycles. The van der Waals surface area contributed by atoms with Crippen LogP contribution in [-0.4, -0.2) is 33.4 Å². The maximum atomic E-state index is 13.4. The second-order valence-corrected chi connectivity index (χ2v) is 4.87. The highest BCUT2D eigenvalue weighted by atomic mass is 19.1. The Morgan fingerprint density at radius 1 is 1.04 bits per heavy atom. The van der Waals surface area contributed by atoms with Crippen molar-refractivity contribution in [1.29, 1.82) is 0 Å². The summed E-state index contributed by atoms with van der Waals surface area (Å²) < 4.78 is 41.6. The number of nitrogens with one attached hydrogen (secondary N) is 2. The van der Waals surface area contributed by atoms with E-state index in [0.717, 1.165) is 12.1 Å². The molecule has 0 bridgehead atoms. The van der Waals surface area contributed by atoms with Gasteiger partial charge in [0.2, 0.25) is 0 Å². The molecule has 25 heavy (non-hydrogen) atoms. The summed E-state index contributed by atoms with van der Waals surface area (Å²) in [5, 5.41) is 5.17. The SMILES string of the molecule is COc1ccc(OC)c(NC(=O)NCCOc2ccc(F)cc2F)c1. The first-order valence-electron chi connectivity index (χ1n) is 7.38. The van der Waals surface area contributed by atoms with Crippen molar-refractivity contribution in [1.82, 2.24) is 5.32 Å². The van der Waals surface area contributed by atoms with Gasteiger partial charge in [-0.2, -0.15) is 0 Å². The van der Waals surface area contributed by atoms with Crippen molar-refractivity contribution in [3.05, 3.63) is 48.0 Å². The molecule has 2 aromatic rings. The maximum Gasteiger partial charge on any atom is 0.319 e. The van der Waals surface area contributed by atoms with Crippen LogP contribution in [0.5, 0.6) is 17.2 Å². The summed E-state index contributed by atoms with van der Waals surface area (Å²) in [6.45, 7) is 0.139. The van der Waals surface area contributed by atoms with Gasteiger partial charge in [0.1, 0.15) is 23.9 Å². The lowest BCUT2D eigenvalue weighted by Gasteiger charge is -2.13. The number of methoxy groups -OCH3 is 2. The summed E-state index contributed by atoms with van der Waals surface area (Å²) in [6, 6.07) is 7.49. The first-order chi connectivity index (χ1) is 12.0. The summed E-state index contributed by atoms with van der Waals surface area (Å²) in [7, 11) is 2.99. The number of ether oxygens (including phenoxy) is 3. The van der Waals surface area contributed by atoms with E-state index in [0.29, 0.717) is 17.2 Å². The number of anilines is 1. The molecule has 0 atom stereocenters. The average Bonchev–Trinajstić information content (AvgIpc) is 2.60. The van der Waals surface area contributed by atoms with E-state index in [1.807, 2.05) is 0 Å². The van der Waals surface area contributed by atoms with Gasteiger partial charge in [-0.1, -0.05) is 0 Å². The predicted molar refractivity (Wildman–Crippen MR) is 88.4 cm³/mol. The minimum atomic E-state index is -0.800. The molecule has 0 spiro atoms. The lowest BCUT2D eigenvalue weighted by atomic mass is 10.2. The van der Waals surface area contributed by atoms with Crippen LogP contribution in [0, 0.1) is 11.6 Å². The molecule has 0 aliphatic carbocycles. The second-order valence-electron chi connectivity index (χ2n) is 4.87. The number of amides is 2. The largest absolute Gasteiger partial charge is 0.497 e. The van der Waals surface area contributed by atoms with Crippen molar-refractivity contribution in [2.75, 3.05) is 32.7 Å². The highest BCUT2D eigenvalue weighted by molar-refractivity contribution is 5.91. The third-order valence-electron chi connectivity index (χ3n) is 3.19. The monoisotopic (exact) mass is 352 g/mol. The van der Waals surface area contributed by atoms with Crippen molar-refractivity contribution in [3.8, 4) is 17.2 Å². The Hall–Kier alpha value is -3.03. The standard InChI is InChI=1S/C17H18F2N2O4/c1-23-12-4-6-16(24-2)14(10-12)21-17(22)20-7-8-25-15-5-3-11(18)9-13(15)19/h3-6,9-10H,7-8H2,1-2H3,(H2,20,21,22). The molecule has 0 aliphatic heterocycles. The Morgan fingerprint density at radius 3 is 2.48 bits per heavy atom. The van der Waals surface area contributed by atoms with E-state index in [-0.39, 0.29) is 18.9 Å². The van der Waals surface area contributed by atoms with Gasteiger partial charge < -0.3 is 24.8 Å². The van der Waals surface area contributed by atoms with Gasteiger partial charge >= 0.3 is 6.03 Å². The van der Waals surface area contributed by atoms with Gasteiger partial charge in [0.05, 0.1) is 26.5 Å². The topological polar surface area (TPSA) is 68.8 Å². The van der Waals surface area contributed by atoms with Gasteiger partial charge in [-0.15, -0.1) is 0 Å². The number of carbonyl (C=O) groups is 1. The molecule has 2 N–H and O–H groups in total. The van der Waals surface area contributed by atoms with Gasteiger partial charge in [-0.25, -0.2) is 13.6 Å². The molecular weight excluding hydrogens is 334 g/mol. The van der Waals surface area contributed by atoms with Crippen LogP contribution >= 0.6 is 0 Å². The van der Waals surface area contributed by atoms with E-state index in [1.165, 1.54) is 20.3 Å². The van der Waals surface area contributed by atoms with Crippen molar-refractivity contribution in [2.24, 2.45) is 0 Å². The first-order valence-corrected chi connectivity index (χ1v) is 7.38. The molecule has 0 saturated carbocycles. The zero-order chi connectivity index (χ0) is 18.2. The van der Waals surface area contributed by atoms with Crippen LogP contribution in [0.25, 0.3) is 0 Å². The van der Waals surface area contributed by atoms with Crippen molar-refractivity contribution in [3.63, 3.8) is 0 Å². The van der Waals surface area contributed by atoms with E-state index in [2.05, 4.69) is 10.6 Å². The molecule has 0 aliphatic rings. The van der Waals surface area contributed by atoms with Crippen LogP contribution in [-0.2, 0) is 0 Å². The Morgan fingerprint density at radius 2 is 1.80 bits per heavy atom. The molecule has 0 unspecified atom stereocenters. The van der Waals surface area contributed by atoms with Crippen LogP contribution in [0.3, 0.4) is 0 Å². The number of urea groups is 1. The quantitative estimate of drug-likeness (QED) is 0.751. The third kappa shape index (κ3) is 5.23. The van der Waals surface area contributed by atoms with Crippen molar-refractivity contribution in [2.45, 2.75) is 0 Å². The molecule has 6 nitrogen and oxygen atoms in total. The van der Waals surface area contributed by atoms with E-state index < -0.39 is 17.7 Å². The van der Waals surface area contributed by atoms with Gasteiger partial charge in [-0.3, -0.25) is 0 Å². The molecule has 0 fully saturated rings. The Kier molecular flexibility index (Phi) is 6.39. The summed E-state index contributed by atoms with van der Waals surface area (Å²) in [6.07, 6.45) is 0. The number of hydrogen-bond donors (Lipinski definition) is 2. The van der Waals surface area contributed by atoms with Crippen molar-refractivity contribution >= 4 is 11.7 Å². The van der Waals surface area contributed by atoms with Crippen LogP contribution in [0.1, 0.15) is 0 Å². The van der Waals surface area contributed by atoms with E-state index in [9.17, 15) is 13.6 Å². The minimum Gasteiger partial charge on any atom is -0.497 e. The first kappa shape index (κ1) is 18.3. The lowest BCUT2D eigenvalue weighted by Crippen LogP contribution is -2.32. The molecule has 0 aromatic heterocycles. The molecular formula is C17H18F2N2O4. The van der Waals surface area contributed by atoms with E-state index in [1.54, 1.807) is 18.2 Å². The Balaban J connectivity index is 1.83. The van der Waals surface area contributed by atoms with Crippen LogP contribution < -0.4 is 24.8 Å². The van der Waals surface area contributed by atoms with Gasteiger partial charge in [0.25, 0.3) is 0 Å². The highest BCUT2D eigenvalue weighted by Gasteiger charge is 2.09. The Bertz CT molecular complexity index is 741. The normalized spacial score (nSPS) is 10.1. The zero-order valence-electron chi connectivity index (χ0n) is 13.8. The van der Waals surface area contributed by atoms with Gasteiger partial charge in [-0.05, 0) is 24.3 Å². The smallest absolute Gasteiger partial charge is 0.319 e. The van der Waals surface area contributed by atoms with Gasteiger partial charge in [0, 0.05) is 12.1 Å². The molecule has 8 heteroatoms. The van der Waals surface area contributed by atoms with Gasteiger partial charge in [0.15, 0.2) is 11.6 Å². The minimum absolute atomic E-state index is 0.0191. The molecule has 2 rings (SSSR count). The maximum absolute atomic E-state index is 13.4. The summed E-state index contributed by atoms with van der Waals surface area (Å²) >= 11 is 0. The molecule has 0 radical (unpaired) electrons. The average molecular weight is 352 g/mol. The number of carbonyl (C=O) groups excluding carboxylic acids is 1. The molecule has 134 valence electrons. The van der Waals surface area contributed by atoms with E-state index >= 15 is 0 Å². The highest BCUT2D eigenvalue weighted by Crippen LogP contribution is 2.28. The summed E-state index contributed by atoms with van der Waals surface area (Å²) in [5.74, 6) is -0.537. The fourth-order valence-corrected chi connectivity index (χ4v) is 2.00. The predicted octanol–water partition coefficient (Wildman–Crippen LogP) is 3.18. The Labute approximate surface area is 143 Å². The summed E-state index contributed by atoms with van der Waals surface area (Å²) in [4.78, 5) is 11.9. The van der Waals surface area contributed by atoms with E-state index in [4.69, 9.17) is 14.2 Å². The lowest BCUT2D eigenvalue weighted by molar-refractivity contribution is 0.246.